The van der Waals surface area contributed by atoms with Crippen LogP contribution in [0.5, 0.6) is 5.75 Å². The number of anilines is 4. The molecule has 0 heterocycles. The number of nitrogens with zero attached hydrogens (tertiary/aromatic N) is 3. The normalized spacial score (nSPS) is 13.9. The number of fused-ring (bicyclic) bond motifs is 3. The Bertz CT molecular complexity index is 2960. The Morgan fingerprint density at radius 2 is 1.05 bits per heavy atom. The molecule has 77 heavy (non-hydrogen) atoms. The van der Waals surface area contributed by atoms with Crippen LogP contribution in [-0.4, -0.2) is 131 Å². The molecule has 1 aliphatic carbocycles. The van der Waals surface area contributed by atoms with Crippen LogP contribution < -0.4 is 14.5 Å². The van der Waals surface area contributed by atoms with Crippen LogP contribution in [0.1, 0.15) is 51.4 Å². The number of quaternary nitrogens is 1. The van der Waals surface area contributed by atoms with E-state index in [1.54, 1.807) is 7.11 Å². The van der Waals surface area contributed by atoms with Crippen molar-refractivity contribution in [3.8, 4) is 28.0 Å². The van der Waals surface area contributed by atoms with Crippen molar-refractivity contribution in [2.45, 2.75) is 39.3 Å². The molecule has 0 fully saturated rings. The van der Waals surface area contributed by atoms with E-state index in [0.717, 1.165) is 68.3 Å². The zero-order valence-corrected chi connectivity index (χ0v) is 46.7. The molecule has 0 amide bonds. The lowest BCUT2D eigenvalue weighted by atomic mass is 9.66. The van der Waals surface area contributed by atoms with Gasteiger partial charge in [0.25, 0.3) is 0 Å². The molecule has 1 aliphatic rings. The fraction of sp³-hybridized carbons (Fsp3) is 0.364. The Morgan fingerprint density at radius 3 is 1.70 bits per heavy atom. The summed E-state index contributed by atoms with van der Waals surface area (Å²) in [7, 11) is 10.4. The summed E-state index contributed by atoms with van der Waals surface area (Å²) in [4.78, 5) is 4.46. The molecule has 0 spiro atoms. The number of ether oxygens (including phenoxy) is 7. The highest BCUT2D eigenvalue weighted by atomic mass is 16.6. The minimum Gasteiger partial charge on any atom is -0.489 e. The van der Waals surface area contributed by atoms with Gasteiger partial charge in [-0.1, -0.05) is 102 Å². The Labute approximate surface area is 458 Å². The van der Waals surface area contributed by atoms with E-state index in [4.69, 9.17) is 38.3 Å². The summed E-state index contributed by atoms with van der Waals surface area (Å²) in [6, 6.07) is 56.2. The SMILES string of the molecule is CC[N+](C)(C)Cc1cc(C2(c3ccc(OCCOCCOCCOC)c(N(C)C)c3)c3cc(C)ccc3-c3ccc(-c4ccc(N(c5ccccc5)c5ccc(C)cc5)cc4)cc32)ccc1COCCOCCOCCO. The maximum atomic E-state index is 9.05. The molecule has 0 aliphatic heterocycles. The van der Waals surface area contributed by atoms with Crippen molar-refractivity contribution in [3.05, 3.63) is 196 Å². The molecule has 11 heteroatoms. The lowest BCUT2D eigenvalue weighted by Gasteiger charge is -2.36. The number of benzene rings is 7. The van der Waals surface area contributed by atoms with Gasteiger partial charge in [0.05, 0.1) is 111 Å². The van der Waals surface area contributed by atoms with Crippen molar-refractivity contribution in [1.29, 1.82) is 0 Å². The average Bonchev–Trinajstić information content (AvgIpc) is 3.96. The van der Waals surface area contributed by atoms with Gasteiger partial charge in [0, 0.05) is 43.8 Å². The van der Waals surface area contributed by atoms with Crippen molar-refractivity contribution in [2.75, 3.05) is 131 Å². The Kier molecular flexibility index (Phi) is 20.1. The molecule has 11 nitrogen and oxygen atoms in total. The average molecular weight is 1040 g/mol. The first-order valence-electron chi connectivity index (χ1n) is 27.1. The number of methoxy groups -OCH3 is 1. The zero-order valence-electron chi connectivity index (χ0n) is 46.7. The van der Waals surface area contributed by atoms with Crippen LogP contribution >= 0.6 is 0 Å². The number of para-hydroxylation sites is 1. The minimum absolute atomic E-state index is 0.000287. The fourth-order valence-electron chi connectivity index (χ4n) is 10.2. The summed E-state index contributed by atoms with van der Waals surface area (Å²) in [5, 5.41) is 9.05. The maximum absolute atomic E-state index is 9.05. The molecule has 1 atom stereocenters. The molecule has 7 aromatic carbocycles. The molecule has 0 saturated heterocycles. The monoisotopic (exact) mass is 1040 g/mol. The topological polar surface area (TPSA) is 91.3 Å². The fourth-order valence-corrected chi connectivity index (χ4v) is 10.2. The third-order valence-electron chi connectivity index (χ3n) is 14.6. The van der Waals surface area contributed by atoms with Crippen LogP contribution in [0.4, 0.5) is 22.7 Å². The van der Waals surface area contributed by atoms with E-state index in [2.05, 4.69) is 210 Å². The van der Waals surface area contributed by atoms with Gasteiger partial charge >= 0.3 is 0 Å². The Balaban J connectivity index is 1.23. The van der Waals surface area contributed by atoms with Gasteiger partial charge < -0.3 is 52.5 Å². The number of hydrogen-bond donors (Lipinski definition) is 1. The summed E-state index contributed by atoms with van der Waals surface area (Å²) in [5.41, 5.74) is 17.9. The van der Waals surface area contributed by atoms with Crippen LogP contribution in [0.25, 0.3) is 22.3 Å². The van der Waals surface area contributed by atoms with Gasteiger partial charge in [0.15, 0.2) is 0 Å². The number of aliphatic hydroxyl groups is 1. The zero-order chi connectivity index (χ0) is 54.2. The molecular formula is C66H80N3O8+. The molecule has 7 aromatic rings. The van der Waals surface area contributed by atoms with Gasteiger partial charge in [-0.25, -0.2) is 0 Å². The predicted octanol–water partition coefficient (Wildman–Crippen LogP) is 12.1. The highest BCUT2D eigenvalue weighted by molar-refractivity contribution is 5.89. The molecular weight excluding hydrogens is 963 g/mol. The first-order valence-corrected chi connectivity index (χ1v) is 27.1. The van der Waals surface area contributed by atoms with Gasteiger partial charge in [-0.2, -0.15) is 0 Å². The standard InChI is InChI=1S/C66H80N3O8/c1-9-69(6,7)47-54-44-55(22-18-53(54)48-76-40-39-74-36-35-72-32-31-70)66(56-23-30-65(64(46-56)67(4)5)77-42-41-75-38-37-73-34-33-71-8)62-43-50(3)17-28-60(62)61-29-21-52(45-63(61)66)51-19-26-59(27-20-51)68(57-13-11-10-12-14-57)58-24-15-49(2)16-25-58/h10-30,43-46,70H,9,31-42,47-48H2,1-8H3/q+1. The van der Waals surface area contributed by atoms with E-state index in [9.17, 15) is 0 Å². The summed E-state index contributed by atoms with van der Waals surface area (Å²) < 4.78 is 41.5. The van der Waals surface area contributed by atoms with Crippen molar-refractivity contribution in [2.24, 2.45) is 0 Å². The highest BCUT2D eigenvalue weighted by Crippen LogP contribution is 2.58. The third-order valence-corrected chi connectivity index (χ3v) is 14.6. The second-order valence-electron chi connectivity index (χ2n) is 20.7. The molecule has 8 rings (SSSR count). The summed E-state index contributed by atoms with van der Waals surface area (Å²) in [6.07, 6.45) is 0. The van der Waals surface area contributed by atoms with Gasteiger partial charge in [0.2, 0.25) is 0 Å². The third kappa shape index (κ3) is 13.8. The lowest BCUT2D eigenvalue weighted by Crippen LogP contribution is -2.38. The first kappa shape index (κ1) is 56.8. The van der Waals surface area contributed by atoms with E-state index >= 15 is 0 Å². The summed E-state index contributed by atoms with van der Waals surface area (Å²) in [6.45, 7) is 13.8. The second-order valence-corrected chi connectivity index (χ2v) is 20.7. The maximum Gasteiger partial charge on any atom is 0.142 e. The van der Waals surface area contributed by atoms with Crippen molar-refractivity contribution >= 4 is 22.7 Å². The van der Waals surface area contributed by atoms with E-state index in [0.29, 0.717) is 79.3 Å². The van der Waals surface area contributed by atoms with Gasteiger partial charge in [-0.15, -0.1) is 0 Å². The van der Waals surface area contributed by atoms with E-state index in [-0.39, 0.29) is 6.61 Å². The smallest absolute Gasteiger partial charge is 0.142 e. The van der Waals surface area contributed by atoms with Crippen molar-refractivity contribution in [3.63, 3.8) is 0 Å². The summed E-state index contributed by atoms with van der Waals surface area (Å²) >= 11 is 0. The van der Waals surface area contributed by atoms with E-state index < -0.39 is 5.41 Å². The van der Waals surface area contributed by atoms with Gasteiger partial charge in [-0.3, -0.25) is 0 Å². The molecule has 1 N–H and O–H groups in total. The van der Waals surface area contributed by atoms with E-state index in [1.165, 1.54) is 44.5 Å². The number of aryl methyl sites for hydroxylation is 2. The largest absolute Gasteiger partial charge is 0.489 e. The van der Waals surface area contributed by atoms with Crippen LogP contribution in [-0.2, 0) is 47.0 Å². The van der Waals surface area contributed by atoms with Gasteiger partial charge in [0.1, 0.15) is 18.9 Å². The number of aliphatic hydroxyl groups excluding tert-OH is 1. The van der Waals surface area contributed by atoms with E-state index in [1.807, 2.05) is 0 Å². The molecule has 0 saturated carbocycles. The molecule has 0 radical (unpaired) electrons. The minimum atomic E-state index is -0.735. The highest BCUT2D eigenvalue weighted by Gasteiger charge is 2.47. The van der Waals surface area contributed by atoms with Crippen LogP contribution in [0.15, 0.2) is 152 Å². The van der Waals surface area contributed by atoms with Crippen LogP contribution in [0.3, 0.4) is 0 Å². The number of hydrogen-bond acceptors (Lipinski definition) is 10. The quantitative estimate of drug-likeness (QED) is 0.0347. The first-order chi connectivity index (χ1) is 37.5. The molecule has 0 aromatic heterocycles. The second kappa shape index (κ2) is 27.3. The molecule has 1 unspecified atom stereocenters. The molecule has 406 valence electrons. The Hall–Kier alpha value is -6.38. The van der Waals surface area contributed by atoms with Gasteiger partial charge in [-0.05, 0) is 132 Å². The van der Waals surface area contributed by atoms with Crippen molar-refractivity contribution in [1.82, 2.24) is 0 Å². The predicted molar refractivity (Wildman–Crippen MR) is 311 cm³/mol. The number of rotatable bonds is 30. The lowest BCUT2D eigenvalue weighted by molar-refractivity contribution is -0.901. The Morgan fingerprint density at radius 1 is 0.506 bits per heavy atom. The molecule has 0 bridgehead atoms. The van der Waals surface area contributed by atoms with Crippen LogP contribution in [0.2, 0.25) is 0 Å². The summed E-state index contributed by atoms with van der Waals surface area (Å²) in [5.74, 6) is 0.789. The van der Waals surface area contributed by atoms with Crippen molar-refractivity contribution < 1.29 is 42.7 Å². The van der Waals surface area contributed by atoms with Crippen LogP contribution in [0, 0.1) is 13.8 Å².